The van der Waals surface area contributed by atoms with Crippen LogP contribution in [0.25, 0.3) is 6.08 Å². The summed E-state index contributed by atoms with van der Waals surface area (Å²) < 4.78 is 5.35. The number of nitrogens with zero attached hydrogens (tertiary/aromatic N) is 2. The molecule has 0 amide bonds. The summed E-state index contributed by atoms with van der Waals surface area (Å²) in [5, 5.41) is 17.5. The van der Waals surface area contributed by atoms with E-state index in [-0.39, 0.29) is 11.0 Å². The Bertz CT molecular complexity index is 856. The first-order valence-electron chi connectivity index (χ1n) is 7.78. The zero-order valence-electron chi connectivity index (χ0n) is 14.4. The van der Waals surface area contributed by atoms with E-state index in [1.165, 1.54) is 6.08 Å². The van der Waals surface area contributed by atoms with Gasteiger partial charge in [0.15, 0.2) is 0 Å². The second-order valence-corrected chi connectivity index (χ2v) is 6.57. The molecular weight excluding hydrogens is 312 g/mol. The van der Waals surface area contributed by atoms with Crippen LogP contribution in [0.15, 0.2) is 54.1 Å². The Hall–Kier alpha value is -3.37. The van der Waals surface area contributed by atoms with Gasteiger partial charge in [0.2, 0.25) is 0 Å². The molecule has 0 radical (unpaired) electrons. The van der Waals surface area contributed by atoms with Gasteiger partial charge in [-0.25, -0.2) is 4.79 Å². The lowest BCUT2D eigenvalue weighted by Crippen LogP contribution is -2.12. The Morgan fingerprint density at radius 1 is 0.960 bits per heavy atom. The maximum atomic E-state index is 12.2. The summed E-state index contributed by atoms with van der Waals surface area (Å²) in [4.78, 5) is 12.2. The van der Waals surface area contributed by atoms with E-state index in [0.29, 0.717) is 16.9 Å². The van der Waals surface area contributed by atoms with Gasteiger partial charge in [-0.2, -0.15) is 10.5 Å². The topological polar surface area (TPSA) is 73.9 Å². The largest absolute Gasteiger partial charge is 0.423 e. The van der Waals surface area contributed by atoms with Crippen molar-refractivity contribution in [1.29, 1.82) is 10.5 Å². The molecule has 0 spiro atoms. The summed E-state index contributed by atoms with van der Waals surface area (Å²) in [6.07, 6.45) is 1.47. The highest BCUT2D eigenvalue weighted by Gasteiger charge is 2.15. The number of benzene rings is 2. The van der Waals surface area contributed by atoms with Crippen molar-refractivity contribution in [3.8, 4) is 17.9 Å². The third-order valence-corrected chi connectivity index (χ3v) is 3.63. The molecule has 0 aromatic heterocycles. The number of nitriles is 2. The maximum absolute atomic E-state index is 12.2. The van der Waals surface area contributed by atoms with E-state index in [1.54, 1.807) is 48.5 Å². The van der Waals surface area contributed by atoms with Crippen LogP contribution >= 0.6 is 0 Å². The van der Waals surface area contributed by atoms with Crippen LogP contribution in [0.1, 0.15) is 42.3 Å². The fourth-order valence-electron chi connectivity index (χ4n) is 2.16. The Morgan fingerprint density at radius 3 is 2.00 bits per heavy atom. The minimum atomic E-state index is -0.432. The fraction of sp³-hybridized carbons (Fsp3) is 0.190. The van der Waals surface area contributed by atoms with E-state index in [1.807, 2.05) is 12.1 Å². The van der Waals surface area contributed by atoms with Gasteiger partial charge in [-0.15, -0.1) is 0 Å². The van der Waals surface area contributed by atoms with Gasteiger partial charge in [-0.1, -0.05) is 45.0 Å². The molecule has 0 fully saturated rings. The van der Waals surface area contributed by atoms with Crippen LogP contribution in [0.3, 0.4) is 0 Å². The van der Waals surface area contributed by atoms with Gasteiger partial charge < -0.3 is 4.74 Å². The molecule has 0 aliphatic heterocycles. The summed E-state index contributed by atoms with van der Waals surface area (Å²) in [5.74, 6) is -0.0315. The number of allylic oxidation sites excluding steroid dienone is 1. The third kappa shape index (κ3) is 4.80. The Balaban J connectivity index is 2.10. The monoisotopic (exact) mass is 330 g/mol. The standard InChI is InChI=1S/C21H18N2O2/c1-21(2,3)18-8-6-17(7-9-18)20(24)25-19-10-4-15(5-11-19)12-16(13-22)14-23/h4-12H,1-3H3. The molecule has 25 heavy (non-hydrogen) atoms. The fourth-order valence-corrected chi connectivity index (χ4v) is 2.16. The molecule has 0 saturated carbocycles. The molecule has 0 atom stereocenters. The average Bonchev–Trinajstić information content (AvgIpc) is 2.60. The van der Waals surface area contributed by atoms with Crippen LogP contribution in [0.4, 0.5) is 0 Å². The number of carbonyl (C=O) groups excluding carboxylic acids is 1. The first-order valence-corrected chi connectivity index (χ1v) is 7.78. The highest BCUT2D eigenvalue weighted by molar-refractivity contribution is 5.91. The first-order chi connectivity index (χ1) is 11.8. The predicted molar refractivity (Wildman–Crippen MR) is 95.7 cm³/mol. The van der Waals surface area contributed by atoms with Gasteiger partial charge in [-0.05, 0) is 46.9 Å². The normalized spacial score (nSPS) is 10.3. The van der Waals surface area contributed by atoms with Crippen LogP contribution in [-0.4, -0.2) is 5.97 Å². The summed E-state index contributed by atoms with van der Waals surface area (Å²) in [6, 6.07) is 17.6. The zero-order valence-corrected chi connectivity index (χ0v) is 14.4. The molecule has 0 aliphatic rings. The average molecular weight is 330 g/mol. The lowest BCUT2D eigenvalue weighted by atomic mass is 9.87. The van der Waals surface area contributed by atoms with E-state index in [4.69, 9.17) is 15.3 Å². The maximum Gasteiger partial charge on any atom is 0.343 e. The predicted octanol–water partition coefficient (Wildman–Crippen LogP) is 4.63. The lowest BCUT2D eigenvalue weighted by Gasteiger charge is -2.18. The van der Waals surface area contributed by atoms with E-state index >= 15 is 0 Å². The molecule has 0 unspecified atom stereocenters. The van der Waals surface area contributed by atoms with E-state index in [0.717, 1.165) is 5.56 Å². The van der Waals surface area contributed by atoms with Crippen molar-refractivity contribution in [1.82, 2.24) is 0 Å². The van der Waals surface area contributed by atoms with Crippen molar-refractivity contribution >= 4 is 12.0 Å². The van der Waals surface area contributed by atoms with Crippen LogP contribution in [0.2, 0.25) is 0 Å². The summed E-state index contributed by atoms with van der Waals surface area (Å²) in [6.45, 7) is 6.33. The summed E-state index contributed by atoms with van der Waals surface area (Å²) >= 11 is 0. The van der Waals surface area contributed by atoms with Gasteiger partial charge in [0.1, 0.15) is 23.5 Å². The van der Waals surface area contributed by atoms with Crippen molar-refractivity contribution in [2.45, 2.75) is 26.2 Å². The minimum Gasteiger partial charge on any atom is -0.423 e. The lowest BCUT2D eigenvalue weighted by molar-refractivity contribution is 0.0734. The number of carbonyl (C=O) groups is 1. The molecule has 0 aliphatic carbocycles. The van der Waals surface area contributed by atoms with Crippen LogP contribution in [0, 0.1) is 22.7 Å². The van der Waals surface area contributed by atoms with Gasteiger partial charge in [-0.3, -0.25) is 0 Å². The molecule has 2 aromatic carbocycles. The van der Waals surface area contributed by atoms with Gasteiger partial charge in [0, 0.05) is 0 Å². The van der Waals surface area contributed by atoms with Crippen molar-refractivity contribution in [2.75, 3.05) is 0 Å². The number of rotatable bonds is 3. The molecular formula is C21H18N2O2. The SMILES string of the molecule is CC(C)(C)c1ccc(C(=O)Oc2ccc(C=C(C#N)C#N)cc2)cc1. The zero-order chi connectivity index (χ0) is 18.4. The number of hydrogen-bond acceptors (Lipinski definition) is 4. The quantitative estimate of drug-likeness (QED) is 0.467. The number of esters is 1. The third-order valence-electron chi connectivity index (χ3n) is 3.63. The molecule has 0 bridgehead atoms. The summed E-state index contributed by atoms with van der Waals surface area (Å²) in [5.41, 5.74) is 2.35. The van der Waals surface area contributed by atoms with Crippen molar-refractivity contribution in [3.05, 3.63) is 70.8 Å². The molecule has 0 saturated heterocycles. The molecule has 4 nitrogen and oxygen atoms in total. The van der Waals surface area contributed by atoms with Crippen LogP contribution < -0.4 is 4.74 Å². The molecule has 124 valence electrons. The Kier molecular flexibility index (Phi) is 5.37. The first kappa shape index (κ1) is 18.0. The van der Waals surface area contributed by atoms with E-state index in [2.05, 4.69) is 20.8 Å². The molecule has 0 N–H and O–H groups in total. The van der Waals surface area contributed by atoms with E-state index in [9.17, 15) is 4.79 Å². The Morgan fingerprint density at radius 2 is 1.52 bits per heavy atom. The smallest absolute Gasteiger partial charge is 0.343 e. The van der Waals surface area contributed by atoms with Gasteiger partial charge >= 0.3 is 5.97 Å². The minimum absolute atomic E-state index is 0.0173. The van der Waals surface area contributed by atoms with Crippen molar-refractivity contribution in [2.24, 2.45) is 0 Å². The number of hydrogen-bond donors (Lipinski definition) is 0. The Labute approximate surface area is 147 Å². The van der Waals surface area contributed by atoms with Crippen molar-refractivity contribution in [3.63, 3.8) is 0 Å². The van der Waals surface area contributed by atoms with Crippen LogP contribution in [-0.2, 0) is 5.41 Å². The molecule has 4 heteroatoms. The molecule has 2 rings (SSSR count). The summed E-state index contributed by atoms with van der Waals surface area (Å²) in [7, 11) is 0. The van der Waals surface area contributed by atoms with Gasteiger partial charge in [0.25, 0.3) is 0 Å². The van der Waals surface area contributed by atoms with Gasteiger partial charge in [0.05, 0.1) is 5.56 Å². The highest BCUT2D eigenvalue weighted by atomic mass is 16.5. The number of ether oxygens (including phenoxy) is 1. The second-order valence-electron chi connectivity index (χ2n) is 6.57. The second kappa shape index (κ2) is 7.47. The van der Waals surface area contributed by atoms with Crippen molar-refractivity contribution < 1.29 is 9.53 Å². The van der Waals surface area contributed by atoms with E-state index < -0.39 is 5.97 Å². The van der Waals surface area contributed by atoms with Crippen LogP contribution in [0.5, 0.6) is 5.75 Å². The molecule has 0 heterocycles. The molecule has 2 aromatic rings. The highest BCUT2D eigenvalue weighted by Crippen LogP contribution is 2.23.